The van der Waals surface area contributed by atoms with E-state index in [1.54, 1.807) is 19.1 Å². The fraction of sp³-hybridized carbons (Fsp3) is 0.355. The quantitative estimate of drug-likeness (QED) is 0.352. The molecule has 5 rings (SSSR count). The number of aromatic nitrogens is 1. The molecule has 3 aromatic rings. The Hall–Kier alpha value is -4.54. The number of alkyl halides is 1. The number of nitrogens with one attached hydrogen (secondary N) is 2. The van der Waals surface area contributed by atoms with Gasteiger partial charge in [0.05, 0.1) is 31.8 Å². The van der Waals surface area contributed by atoms with Crippen molar-refractivity contribution in [1.82, 2.24) is 20.5 Å². The lowest BCUT2D eigenvalue weighted by Gasteiger charge is -2.26. The highest BCUT2D eigenvalue weighted by atomic mass is 19.1. The first-order chi connectivity index (χ1) is 20.1. The lowest BCUT2D eigenvalue weighted by molar-refractivity contribution is -0.138. The SMILES string of the molecule is COc1cc(/C=C/C2CC2)c([C@H](C)NC(=O)C2C[C@@H](F)CN2C(=O)CNC(=O)c2ccc3cc(F)ccc3n2)cc1O. The van der Waals surface area contributed by atoms with E-state index in [1.165, 1.54) is 37.4 Å². The van der Waals surface area contributed by atoms with Gasteiger partial charge in [0, 0.05) is 11.8 Å². The molecule has 2 aromatic carbocycles. The molecule has 2 fully saturated rings. The number of pyridine rings is 1. The summed E-state index contributed by atoms with van der Waals surface area (Å²) in [6.07, 6.45) is 4.67. The van der Waals surface area contributed by atoms with Gasteiger partial charge in [-0.3, -0.25) is 14.4 Å². The lowest BCUT2D eigenvalue weighted by Crippen LogP contribution is -2.49. The van der Waals surface area contributed by atoms with Crippen molar-refractivity contribution >= 4 is 34.7 Å². The number of carbonyl (C=O) groups is 3. The molecule has 1 saturated heterocycles. The Labute approximate surface area is 241 Å². The van der Waals surface area contributed by atoms with Crippen LogP contribution in [0.1, 0.15) is 53.8 Å². The summed E-state index contributed by atoms with van der Waals surface area (Å²) in [6.45, 7) is 1.00. The number of halogens is 2. The van der Waals surface area contributed by atoms with Gasteiger partial charge in [0.2, 0.25) is 11.8 Å². The van der Waals surface area contributed by atoms with Crippen LogP contribution in [0.15, 0.2) is 48.5 Å². The van der Waals surface area contributed by atoms with Crippen molar-refractivity contribution in [2.24, 2.45) is 5.92 Å². The largest absolute Gasteiger partial charge is 0.504 e. The van der Waals surface area contributed by atoms with Gasteiger partial charge >= 0.3 is 0 Å². The van der Waals surface area contributed by atoms with Crippen molar-refractivity contribution in [3.63, 3.8) is 0 Å². The minimum absolute atomic E-state index is 0.0316. The third-order valence-electron chi connectivity index (χ3n) is 7.54. The van der Waals surface area contributed by atoms with Crippen LogP contribution in [-0.2, 0) is 9.59 Å². The highest BCUT2D eigenvalue weighted by Crippen LogP contribution is 2.36. The first-order valence-corrected chi connectivity index (χ1v) is 13.8. The summed E-state index contributed by atoms with van der Waals surface area (Å²) in [5, 5.41) is 16.2. The number of ether oxygens (including phenoxy) is 1. The average Bonchev–Trinajstić information content (AvgIpc) is 3.72. The third kappa shape index (κ3) is 6.50. The van der Waals surface area contributed by atoms with E-state index < -0.39 is 48.3 Å². The van der Waals surface area contributed by atoms with E-state index in [4.69, 9.17) is 4.74 Å². The van der Waals surface area contributed by atoms with Crippen LogP contribution in [0, 0.1) is 11.7 Å². The Morgan fingerprint density at radius 3 is 2.71 bits per heavy atom. The van der Waals surface area contributed by atoms with Crippen LogP contribution >= 0.6 is 0 Å². The van der Waals surface area contributed by atoms with E-state index >= 15 is 0 Å². The number of aromatic hydroxyl groups is 1. The molecule has 3 N–H and O–H groups in total. The van der Waals surface area contributed by atoms with Gasteiger partial charge in [-0.05, 0) is 73.2 Å². The number of carbonyl (C=O) groups excluding carboxylic acids is 3. The molecule has 11 heteroatoms. The summed E-state index contributed by atoms with van der Waals surface area (Å²) in [7, 11) is 1.45. The van der Waals surface area contributed by atoms with Crippen LogP contribution in [0.4, 0.5) is 8.78 Å². The molecule has 0 radical (unpaired) electrons. The number of nitrogens with zero attached hydrogens (tertiary/aromatic N) is 2. The third-order valence-corrected chi connectivity index (χ3v) is 7.54. The molecule has 220 valence electrons. The molecule has 2 heterocycles. The van der Waals surface area contributed by atoms with Gasteiger partial charge in [-0.15, -0.1) is 0 Å². The topological polar surface area (TPSA) is 121 Å². The number of fused-ring (bicyclic) bond motifs is 1. The molecule has 1 aliphatic carbocycles. The molecule has 0 bridgehead atoms. The van der Waals surface area contributed by atoms with Crippen molar-refractivity contribution in [2.45, 2.75) is 44.4 Å². The molecule has 3 amide bonds. The van der Waals surface area contributed by atoms with Gasteiger partial charge in [-0.1, -0.05) is 18.2 Å². The van der Waals surface area contributed by atoms with Gasteiger partial charge in [0.15, 0.2) is 11.5 Å². The molecule has 0 spiro atoms. The number of hydrogen-bond donors (Lipinski definition) is 3. The Morgan fingerprint density at radius 1 is 1.19 bits per heavy atom. The second-order valence-electron chi connectivity index (χ2n) is 10.7. The van der Waals surface area contributed by atoms with E-state index in [0.717, 1.165) is 23.3 Å². The van der Waals surface area contributed by atoms with Crippen LogP contribution in [0.2, 0.25) is 0 Å². The molecule has 9 nitrogen and oxygen atoms in total. The molecule has 1 aromatic heterocycles. The fourth-order valence-electron chi connectivity index (χ4n) is 5.08. The summed E-state index contributed by atoms with van der Waals surface area (Å²) in [4.78, 5) is 44.3. The summed E-state index contributed by atoms with van der Waals surface area (Å²) in [5.74, 6) is -1.49. The van der Waals surface area contributed by atoms with Gasteiger partial charge in [-0.2, -0.15) is 0 Å². The maximum atomic E-state index is 14.5. The Balaban J connectivity index is 1.24. The normalized spacial score (nSPS) is 19.2. The maximum Gasteiger partial charge on any atom is 0.270 e. The van der Waals surface area contributed by atoms with Crippen molar-refractivity contribution in [2.75, 3.05) is 20.2 Å². The summed E-state index contributed by atoms with van der Waals surface area (Å²) >= 11 is 0. The number of rotatable bonds is 9. The minimum atomic E-state index is -1.40. The highest BCUT2D eigenvalue weighted by Gasteiger charge is 2.40. The molecular weight excluding hydrogens is 546 g/mol. The average molecular weight is 579 g/mol. The van der Waals surface area contributed by atoms with Crippen molar-refractivity contribution in [1.29, 1.82) is 0 Å². The first-order valence-electron chi connectivity index (χ1n) is 13.8. The van der Waals surface area contributed by atoms with Gasteiger partial charge in [0.1, 0.15) is 23.7 Å². The van der Waals surface area contributed by atoms with Gasteiger partial charge in [-0.25, -0.2) is 13.8 Å². The Morgan fingerprint density at radius 2 is 1.98 bits per heavy atom. The van der Waals surface area contributed by atoms with Crippen LogP contribution in [0.3, 0.4) is 0 Å². The van der Waals surface area contributed by atoms with Gasteiger partial charge < -0.3 is 25.4 Å². The predicted molar refractivity (Wildman–Crippen MR) is 152 cm³/mol. The second kappa shape index (κ2) is 12.1. The number of benzene rings is 2. The molecule has 42 heavy (non-hydrogen) atoms. The van der Waals surface area contributed by atoms with Crippen molar-refractivity contribution in [3.05, 3.63) is 71.2 Å². The standard InChI is InChI=1S/C31H32F2N4O5/c1-17(23-14-27(38)28(42-2)12-19(23)6-5-18-3-4-18)35-31(41)26-13-22(33)16-37(26)29(39)15-34-30(40)25-9-7-20-11-21(32)8-10-24(20)36-25/h5-12,14,17-18,22,26,38H,3-4,13,15-16H2,1-2H3,(H,34,40)(H,35,41)/b6-5+/t17-,22+,26?/m0/s1. The predicted octanol–water partition coefficient (Wildman–Crippen LogP) is 4.06. The number of phenols is 1. The van der Waals surface area contributed by atoms with E-state index in [0.29, 0.717) is 28.1 Å². The molecule has 2 aliphatic rings. The Kier molecular flexibility index (Phi) is 8.37. The number of phenolic OH excluding ortho intramolecular Hbond substituents is 1. The summed E-state index contributed by atoms with van der Waals surface area (Å²) in [5.41, 5.74) is 1.85. The molecular formula is C31H32F2N4O5. The van der Waals surface area contributed by atoms with Gasteiger partial charge in [0.25, 0.3) is 5.91 Å². The lowest BCUT2D eigenvalue weighted by atomic mass is 9.99. The zero-order valence-electron chi connectivity index (χ0n) is 23.3. The first kappa shape index (κ1) is 29.0. The van der Waals surface area contributed by atoms with E-state index in [-0.39, 0.29) is 24.4 Å². The second-order valence-corrected chi connectivity index (χ2v) is 10.7. The van der Waals surface area contributed by atoms with Crippen LogP contribution < -0.4 is 15.4 Å². The zero-order chi connectivity index (χ0) is 30.0. The van der Waals surface area contributed by atoms with Crippen LogP contribution in [0.25, 0.3) is 17.0 Å². The van der Waals surface area contributed by atoms with Crippen LogP contribution in [0.5, 0.6) is 11.5 Å². The molecule has 3 atom stereocenters. The van der Waals surface area contributed by atoms with E-state index in [2.05, 4.69) is 21.7 Å². The summed E-state index contributed by atoms with van der Waals surface area (Å²) in [6, 6.07) is 8.51. The van der Waals surface area contributed by atoms with Crippen molar-refractivity contribution in [3.8, 4) is 11.5 Å². The molecule has 1 aliphatic heterocycles. The Bertz CT molecular complexity index is 1560. The summed E-state index contributed by atoms with van der Waals surface area (Å²) < 4.78 is 33.1. The minimum Gasteiger partial charge on any atom is -0.504 e. The maximum absolute atomic E-state index is 14.5. The smallest absolute Gasteiger partial charge is 0.270 e. The fourth-order valence-corrected chi connectivity index (χ4v) is 5.08. The number of hydrogen-bond acceptors (Lipinski definition) is 6. The van der Waals surface area contributed by atoms with E-state index in [9.17, 15) is 28.3 Å². The zero-order valence-corrected chi connectivity index (χ0v) is 23.3. The van der Waals surface area contributed by atoms with Crippen LogP contribution in [-0.4, -0.2) is 65.1 Å². The van der Waals surface area contributed by atoms with Crippen molar-refractivity contribution < 1.29 is 33.0 Å². The molecule has 1 unspecified atom stereocenters. The molecule has 1 saturated carbocycles. The number of amides is 3. The highest BCUT2D eigenvalue weighted by molar-refractivity contribution is 5.97. The number of likely N-dealkylation sites (tertiary alicyclic amines) is 1. The number of methoxy groups -OCH3 is 1. The number of allylic oxidation sites excluding steroid dienone is 1. The monoisotopic (exact) mass is 578 g/mol. The van der Waals surface area contributed by atoms with E-state index in [1.807, 2.05) is 6.08 Å².